The van der Waals surface area contributed by atoms with Crippen LogP contribution in [0.25, 0.3) is 0 Å². The van der Waals surface area contributed by atoms with Crippen molar-refractivity contribution < 1.29 is 14.7 Å². The first-order valence-electron chi connectivity index (χ1n) is 6.48. The molecule has 0 aromatic heterocycles. The summed E-state index contributed by atoms with van der Waals surface area (Å²) >= 11 is 0. The van der Waals surface area contributed by atoms with Crippen LogP contribution in [0.15, 0.2) is 60.7 Å². The first kappa shape index (κ1) is 14.2. The Morgan fingerprint density at radius 1 is 1.00 bits per heavy atom. The molecule has 0 aliphatic rings. The SMILES string of the molecule is O=C[C@](O)(CCC(=O)c1ccccc1)c1ccccc1. The van der Waals surface area contributed by atoms with Gasteiger partial charge in [0, 0.05) is 12.0 Å². The van der Waals surface area contributed by atoms with Crippen molar-refractivity contribution in [1.82, 2.24) is 0 Å². The van der Waals surface area contributed by atoms with Gasteiger partial charge in [0.2, 0.25) is 0 Å². The van der Waals surface area contributed by atoms with E-state index in [0.717, 1.165) is 0 Å². The molecule has 0 fully saturated rings. The molecule has 0 bridgehead atoms. The largest absolute Gasteiger partial charge is 0.378 e. The summed E-state index contributed by atoms with van der Waals surface area (Å²) in [4.78, 5) is 23.2. The van der Waals surface area contributed by atoms with Gasteiger partial charge in [0.05, 0.1) is 0 Å². The Kier molecular flexibility index (Phi) is 4.43. The Labute approximate surface area is 117 Å². The minimum atomic E-state index is -1.61. The lowest BCUT2D eigenvalue weighted by atomic mass is 9.89. The zero-order chi connectivity index (χ0) is 14.4. The van der Waals surface area contributed by atoms with Gasteiger partial charge in [0.25, 0.3) is 0 Å². The van der Waals surface area contributed by atoms with E-state index in [9.17, 15) is 14.7 Å². The molecule has 1 atom stereocenters. The van der Waals surface area contributed by atoms with Gasteiger partial charge in [-0.1, -0.05) is 60.7 Å². The topological polar surface area (TPSA) is 54.4 Å². The number of carbonyl (C=O) groups is 2. The maximum atomic E-state index is 12.0. The van der Waals surface area contributed by atoms with E-state index in [4.69, 9.17) is 0 Å². The van der Waals surface area contributed by atoms with Gasteiger partial charge in [0.1, 0.15) is 5.60 Å². The third-order valence-electron chi connectivity index (χ3n) is 3.30. The van der Waals surface area contributed by atoms with E-state index in [2.05, 4.69) is 0 Å². The van der Waals surface area contributed by atoms with Crippen LogP contribution < -0.4 is 0 Å². The summed E-state index contributed by atoms with van der Waals surface area (Å²) < 4.78 is 0. The summed E-state index contributed by atoms with van der Waals surface area (Å²) in [5.41, 5.74) is -0.504. The van der Waals surface area contributed by atoms with Gasteiger partial charge >= 0.3 is 0 Å². The zero-order valence-corrected chi connectivity index (χ0v) is 11.0. The van der Waals surface area contributed by atoms with Gasteiger partial charge in [-0.05, 0) is 12.0 Å². The van der Waals surface area contributed by atoms with E-state index in [1.165, 1.54) is 0 Å². The quantitative estimate of drug-likeness (QED) is 0.647. The molecule has 2 rings (SSSR count). The third-order valence-corrected chi connectivity index (χ3v) is 3.30. The zero-order valence-electron chi connectivity index (χ0n) is 11.0. The molecule has 0 radical (unpaired) electrons. The molecule has 2 aromatic carbocycles. The Morgan fingerprint density at radius 2 is 1.55 bits per heavy atom. The Morgan fingerprint density at radius 3 is 2.10 bits per heavy atom. The highest BCUT2D eigenvalue weighted by Gasteiger charge is 2.29. The lowest BCUT2D eigenvalue weighted by Crippen LogP contribution is -2.28. The first-order valence-corrected chi connectivity index (χ1v) is 6.48. The van der Waals surface area contributed by atoms with Crippen LogP contribution in [0.2, 0.25) is 0 Å². The van der Waals surface area contributed by atoms with Crippen molar-refractivity contribution in [2.45, 2.75) is 18.4 Å². The van der Waals surface area contributed by atoms with Crippen LogP contribution in [0.3, 0.4) is 0 Å². The molecule has 0 heterocycles. The summed E-state index contributed by atoms with van der Waals surface area (Å²) in [5.74, 6) is -0.0817. The number of hydrogen-bond donors (Lipinski definition) is 1. The predicted octanol–water partition coefficient (Wildman–Crippen LogP) is 2.74. The van der Waals surface area contributed by atoms with E-state index >= 15 is 0 Å². The fraction of sp³-hybridized carbons (Fsp3) is 0.176. The van der Waals surface area contributed by atoms with E-state index in [-0.39, 0.29) is 18.6 Å². The summed E-state index contributed by atoms with van der Waals surface area (Å²) in [5, 5.41) is 10.4. The number of benzene rings is 2. The molecule has 20 heavy (non-hydrogen) atoms. The normalized spacial score (nSPS) is 13.4. The fourth-order valence-corrected chi connectivity index (χ4v) is 2.07. The number of aldehydes is 1. The van der Waals surface area contributed by atoms with E-state index < -0.39 is 5.60 Å². The number of rotatable bonds is 6. The fourth-order valence-electron chi connectivity index (χ4n) is 2.07. The average molecular weight is 268 g/mol. The molecule has 1 N–H and O–H groups in total. The molecule has 0 spiro atoms. The molecule has 0 saturated heterocycles. The molecule has 0 aliphatic carbocycles. The highest BCUT2D eigenvalue weighted by molar-refractivity contribution is 5.96. The molecule has 2 aromatic rings. The van der Waals surface area contributed by atoms with Crippen LogP contribution in [-0.4, -0.2) is 17.2 Å². The minimum Gasteiger partial charge on any atom is -0.378 e. The second-order valence-electron chi connectivity index (χ2n) is 4.70. The van der Waals surface area contributed by atoms with Gasteiger partial charge in [-0.25, -0.2) is 0 Å². The molecule has 3 nitrogen and oxygen atoms in total. The molecule has 102 valence electrons. The Bertz CT molecular complexity index is 578. The van der Waals surface area contributed by atoms with Gasteiger partial charge in [0.15, 0.2) is 12.1 Å². The van der Waals surface area contributed by atoms with Crippen molar-refractivity contribution in [2.24, 2.45) is 0 Å². The van der Waals surface area contributed by atoms with Crippen LogP contribution in [0, 0.1) is 0 Å². The number of ketones is 1. The molecule has 0 amide bonds. The van der Waals surface area contributed by atoms with Gasteiger partial charge in [-0.2, -0.15) is 0 Å². The van der Waals surface area contributed by atoms with Crippen LogP contribution >= 0.6 is 0 Å². The standard InChI is InChI=1S/C17H16O3/c18-13-17(20,15-9-5-2-6-10-15)12-11-16(19)14-7-3-1-4-8-14/h1-10,13,20H,11-12H2/t17-/m1/s1. The second-order valence-corrected chi connectivity index (χ2v) is 4.70. The molecule has 0 aliphatic heterocycles. The average Bonchev–Trinajstić information content (AvgIpc) is 2.54. The summed E-state index contributed by atoms with van der Waals surface area (Å²) in [6.07, 6.45) is 0.697. The van der Waals surface area contributed by atoms with E-state index in [1.807, 2.05) is 12.1 Å². The Hall–Kier alpha value is -2.26. The third kappa shape index (κ3) is 3.19. The monoisotopic (exact) mass is 268 g/mol. The summed E-state index contributed by atoms with van der Waals surface area (Å²) in [6, 6.07) is 17.5. The first-order chi connectivity index (χ1) is 9.65. The predicted molar refractivity (Wildman–Crippen MR) is 76.4 cm³/mol. The molecule has 3 heteroatoms. The molecule has 0 saturated carbocycles. The number of hydrogen-bond acceptors (Lipinski definition) is 3. The Balaban J connectivity index is 2.08. The van der Waals surface area contributed by atoms with Crippen molar-refractivity contribution in [3.63, 3.8) is 0 Å². The van der Waals surface area contributed by atoms with Crippen molar-refractivity contribution >= 4 is 12.1 Å². The number of Topliss-reactive ketones (excluding diaryl/α,β-unsaturated/α-hetero) is 1. The second kappa shape index (κ2) is 6.26. The van der Waals surface area contributed by atoms with Gasteiger partial charge in [-0.3, -0.25) is 9.59 Å². The molecule has 0 unspecified atom stereocenters. The van der Waals surface area contributed by atoms with Crippen LogP contribution in [-0.2, 0) is 10.4 Å². The van der Waals surface area contributed by atoms with Gasteiger partial charge in [-0.15, -0.1) is 0 Å². The number of carbonyl (C=O) groups excluding carboxylic acids is 2. The van der Waals surface area contributed by atoms with Gasteiger partial charge < -0.3 is 5.11 Å². The maximum absolute atomic E-state index is 12.0. The van der Waals surface area contributed by atoms with Crippen LogP contribution in [0.4, 0.5) is 0 Å². The number of aliphatic hydroxyl groups is 1. The highest BCUT2D eigenvalue weighted by Crippen LogP contribution is 2.25. The van der Waals surface area contributed by atoms with Crippen LogP contribution in [0.5, 0.6) is 0 Å². The summed E-state index contributed by atoms with van der Waals surface area (Å²) in [6.45, 7) is 0. The van der Waals surface area contributed by atoms with Crippen LogP contribution in [0.1, 0.15) is 28.8 Å². The lowest BCUT2D eigenvalue weighted by molar-refractivity contribution is -0.125. The van der Waals surface area contributed by atoms with Crippen molar-refractivity contribution in [2.75, 3.05) is 0 Å². The van der Waals surface area contributed by atoms with Crippen molar-refractivity contribution in [1.29, 1.82) is 0 Å². The van der Waals surface area contributed by atoms with Crippen molar-refractivity contribution in [3.05, 3.63) is 71.8 Å². The molecular weight excluding hydrogens is 252 g/mol. The lowest BCUT2D eigenvalue weighted by Gasteiger charge is -2.21. The summed E-state index contributed by atoms with van der Waals surface area (Å²) in [7, 11) is 0. The highest BCUT2D eigenvalue weighted by atomic mass is 16.3. The van der Waals surface area contributed by atoms with E-state index in [0.29, 0.717) is 17.4 Å². The maximum Gasteiger partial charge on any atom is 0.163 e. The van der Waals surface area contributed by atoms with E-state index in [1.54, 1.807) is 48.5 Å². The van der Waals surface area contributed by atoms with Crippen molar-refractivity contribution in [3.8, 4) is 0 Å². The smallest absolute Gasteiger partial charge is 0.163 e. The minimum absolute atomic E-state index is 0.0776. The molecular formula is C17H16O3.